The van der Waals surface area contributed by atoms with Gasteiger partial charge in [-0.1, -0.05) is 12.1 Å². The molecule has 0 fully saturated rings. The molecule has 80 valence electrons. The third-order valence-electron chi connectivity index (χ3n) is 1.89. The van der Waals surface area contributed by atoms with E-state index in [0.29, 0.717) is 13.0 Å². The first-order valence-electron chi connectivity index (χ1n) is 4.70. The molecule has 2 N–H and O–H groups in total. The normalized spacial score (nSPS) is 9.60. The molecule has 0 spiro atoms. The van der Waals surface area contributed by atoms with Gasteiger partial charge in [-0.2, -0.15) is 0 Å². The van der Waals surface area contributed by atoms with E-state index < -0.39 is 0 Å². The van der Waals surface area contributed by atoms with Crippen LogP contribution < -0.4 is 5.32 Å². The molecule has 0 aliphatic heterocycles. The molecule has 0 bridgehead atoms. The molecule has 0 heterocycles. The summed E-state index contributed by atoms with van der Waals surface area (Å²) in [5.41, 5.74) is 0.830. The highest BCUT2D eigenvalue weighted by Gasteiger charge is 2.02. The molecule has 0 aliphatic carbocycles. The molecule has 0 atom stereocenters. The molecule has 1 aromatic rings. The van der Waals surface area contributed by atoms with Crippen LogP contribution in [0.2, 0.25) is 0 Å². The van der Waals surface area contributed by atoms with Gasteiger partial charge in [-0.25, -0.2) is 0 Å². The van der Waals surface area contributed by atoms with Crippen molar-refractivity contribution in [1.29, 1.82) is 0 Å². The van der Waals surface area contributed by atoms with Crippen molar-refractivity contribution in [3.8, 4) is 5.75 Å². The second kappa shape index (κ2) is 5.80. The Bertz CT molecular complexity index is 332. The molecular weight excluding hydrogens is 194 g/mol. The first kappa shape index (κ1) is 11.2. The van der Waals surface area contributed by atoms with Crippen LogP contribution in [0.15, 0.2) is 24.3 Å². The molecule has 0 radical (unpaired) electrons. The molecule has 1 rings (SSSR count). The maximum atomic E-state index is 11.3. The number of nitrogens with one attached hydrogen (secondary N) is 1. The summed E-state index contributed by atoms with van der Waals surface area (Å²) in [6, 6.07) is 6.45. The molecule has 0 aromatic heterocycles. The highest BCUT2D eigenvalue weighted by atomic mass is 16.3. The quantitative estimate of drug-likeness (QED) is 0.550. The highest BCUT2D eigenvalue weighted by Crippen LogP contribution is 2.09. The minimum atomic E-state index is -0.123. The van der Waals surface area contributed by atoms with E-state index in [0.717, 1.165) is 11.8 Å². The lowest BCUT2D eigenvalue weighted by molar-refractivity contribution is -0.120. The average Bonchev–Trinajstić information content (AvgIpc) is 2.22. The number of hydrogen-bond donors (Lipinski definition) is 2. The molecule has 0 saturated carbocycles. The molecule has 1 amide bonds. The van der Waals surface area contributed by atoms with Crippen molar-refractivity contribution < 1.29 is 14.7 Å². The first-order chi connectivity index (χ1) is 7.22. The van der Waals surface area contributed by atoms with Crippen LogP contribution in [0.4, 0.5) is 0 Å². The van der Waals surface area contributed by atoms with Crippen molar-refractivity contribution in [1.82, 2.24) is 5.32 Å². The summed E-state index contributed by atoms with van der Waals surface area (Å²) < 4.78 is 0. The van der Waals surface area contributed by atoms with Crippen LogP contribution >= 0.6 is 0 Å². The molecule has 0 aliphatic rings. The van der Waals surface area contributed by atoms with E-state index in [-0.39, 0.29) is 18.1 Å². The van der Waals surface area contributed by atoms with Crippen molar-refractivity contribution in [3.05, 3.63) is 29.8 Å². The van der Waals surface area contributed by atoms with Crippen LogP contribution in [-0.2, 0) is 16.0 Å². The Balaban J connectivity index is 2.37. The SMILES string of the molecule is O=CCCNC(=O)Cc1ccc(O)cc1. The summed E-state index contributed by atoms with van der Waals surface area (Å²) in [6.07, 6.45) is 1.36. The lowest BCUT2D eigenvalue weighted by Crippen LogP contribution is -2.26. The molecule has 4 heteroatoms. The van der Waals surface area contributed by atoms with E-state index in [4.69, 9.17) is 5.11 Å². The van der Waals surface area contributed by atoms with E-state index in [1.54, 1.807) is 12.1 Å². The zero-order valence-corrected chi connectivity index (χ0v) is 8.27. The lowest BCUT2D eigenvalue weighted by atomic mass is 10.1. The standard InChI is InChI=1S/C11H13NO3/c13-7-1-6-12-11(15)8-9-2-4-10(14)5-3-9/h2-5,7,14H,1,6,8H2,(H,12,15). The number of rotatable bonds is 5. The number of phenols is 1. The van der Waals surface area contributed by atoms with Gasteiger partial charge in [-0.05, 0) is 17.7 Å². The number of aldehydes is 1. The van der Waals surface area contributed by atoms with E-state index in [1.165, 1.54) is 12.1 Å². The van der Waals surface area contributed by atoms with Crippen molar-refractivity contribution in [2.75, 3.05) is 6.54 Å². The average molecular weight is 207 g/mol. The van der Waals surface area contributed by atoms with E-state index in [2.05, 4.69) is 5.32 Å². The van der Waals surface area contributed by atoms with Gasteiger partial charge in [-0.3, -0.25) is 4.79 Å². The minimum absolute atomic E-state index is 0.123. The summed E-state index contributed by atoms with van der Waals surface area (Å²) in [6.45, 7) is 0.375. The van der Waals surface area contributed by atoms with Gasteiger partial charge >= 0.3 is 0 Å². The van der Waals surface area contributed by atoms with E-state index in [9.17, 15) is 9.59 Å². The summed E-state index contributed by atoms with van der Waals surface area (Å²) in [5, 5.41) is 11.6. The largest absolute Gasteiger partial charge is 0.508 e. The Hall–Kier alpha value is -1.84. The first-order valence-corrected chi connectivity index (χ1v) is 4.70. The van der Waals surface area contributed by atoms with E-state index >= 15 is 0 Å². The zero-order valence-electron chi connectivity index (χ0n) is 8.27. The maximum Gasteiger partial charge on any atom is 0.224 e. The minimum Gasteiger partial charge on any atom is -0.508 e. The molecule has 1 aromatic carbocycles. The topological polar surface area (TPSA) is 66.4 Å². The number of benzene rings is 1. The van der Waals surface area contributed by atoms with Crippen LogP contribution in [0.25, 0.3) is 0 Å². The Morgan fingerprint density at radius 2 is 2.00 bits per heavy atom. The van der Waals surface area contributed by atoms with Gasteiger partial charge in [0.25, 0.3) is 0 Å². The number of phenolic OH excluding ortho intramolecular Hbond substituents is 1. The van der Waals surface area contributed by atoms with Gasteiger partial charge in [0.05, 0.1) is 6.42 Å². The van der Waals surface area contributed by atoms with Gasteiger partial charge in [-0.15, -0.1) is 0 Å². The maximum absolute atomic E-state index is 11.3. The van der Waals surface area contributed by atoms with Crippen molar-refractivity contribution >= 4 is 12.2 Å². The Kier molecular flexibility index (Phi) is 4.34. The molecule has 0 unspecified atom stereocenters. The molecular formula is C11H13NO3. The van der Waals surface area contributed by atoms with Crippen LogP contribution in [-0.4, -0.2) is 23.8 Å². The van der Waals surface area contributed by atoms with Crippen molar-refractivity contribution in [3.63, 3.8) is 0 Å². The third-order valence-corrected chi connectivity index (χ3v) is 1.89. The second-order valence-electron chi connectivity index (χ2n) is 3.15. The van der Waals surface area contributed by atoms with Crippen LogP contribution in [0.1, 0.15) is 12.0 Å². The third kappa shape index (κ3) is 4.26. The van der Waals surface area contributed by atoms with Crippen molar-refractivity contribution in [2.45, 2.75) is 12.8 Å². The van der Waals surface area contributed by atoms with Gasteiger partial charge in [0, 0.05) is 13.0 Å². The van der Waals surface area contributed by atoms with Crippen LogP contribution in [0.5, 0.6) is 5.75 Å². The fourth-order valence-corrected chi connectivity index (χ4v) is 1.13. The monoisotopic (exact) mass is 207 g/mol. The smallest absolute Gasteiger partial charge is 0.224 e. The molecule has 15 heavy (non-hydrogen) atoms. The fourth-order valence-electron chi connectivity index (χ4n) is 1.13. The van der Waals surface area contributed by atoms with E-state index in [1.807, 2.05) is 0 Å². The molecule has 4 nitrogen and oxygen atoms in total. The summed E-state index contributed by atoms with van der Waals surface area (Å²) in [7, 11) is 0. The van der Waals surface area contributed by atoms with Crippen LogP contribution in [0.3, 0.4) is 0 Å². The lowest BCUT2D eigenvalue weighted by Gasteiger charge is -2.03. The molecule has 0 saturated heterocycles. The summed E-state index contributed by atoms with van der Waals surface area (Å²) in [5.74, 6) is 0.0580. The van der Waals surface area contributed by atoms with Gasteiger partial charge in [0.2, 0.25) is 5.91 Å². The number of carbonyl (C=O) groups excluding carboxylic acids is 2. The Labute approximate surface area is 87.9 Å². The highest BCUT2D eigenvalue weighted by molar-refractivity contribution is 5.78. The summed E-state index contributed by atoms with van der Waals surface area (Å²) in [4.78, 5) is 21.3. The summed E-state index contributed by atoms with van der Waals surface area (Å²) >= 11 is 0. The van der Waals surface area contributed by atoms with Crippen molar-refractivity contribution in [2.24, 2.45) is 0 Å². The predicted molar refractivity (Wildman–Crippen MR) is 55.5 cm³/mol. The Morgan fingerprint density at radius 3 is 2.60 bits per heavy atom. The van der Waals surface area contributed by atoms with Crippen LogP contribution in [0, 0.1) is 0 Å². The second-order valence-corrected chi connectivity index (χ2v) is 3.15. The number of amides is 1. The zero-order chi connectivity index (χ0) is 11.1. The Morgan fingerprint density at radius 1 is 1.33 bits per heavy atom. The predicted octanol–water partition coefficient (Wildman–Crippen LogP) is 0.640. The number of carbonyl (C=O) groups is 2. The number of aromatic hydroxyl groups is 1. The fraction of sp³-hybridized carbons (Fsp3) is 0.273. The number of hydrogen-bond acceptors (Lipinski definition) is 3. The van der Waals surface area contributed by atoms with Gasteiger partial charge in [0.15, 0.2) is 0 Å². The van der Waals surface area contributed by atoms with Gasteiger partial charge in [0.1, 0.15) is 12.0 Å². The van der Waals surface area contributed by atoms with Gasteiger partial charge < -0.3 is 15.2 Å².